The highest BCUT2D eigenvalue weighted by molar-refractivity contribution is 7.89. The van der Waals surface area contributed by atoms with Gasteiger partial charge in [-0.05, 0) is 69.1 Å². The fourth-order valence-corrected chi connectivity index (χ4v) is 4.59. The maximum absolute atomic E-state index is 12.4. The molecule has 0 saturated carbocycles. The largest absolute Gasteiger partial charge is 0.303 e. The standard InChI is InChI=1S/C19H27N3O4S/c1-15-9-13-21(14-10-15)12-2-11-20-27(25,26)17-5-3-16(4-6-17)22-18(23)7-8-19(22)24/h3-6,15,20H,2,7-14H2,1H3. The van der Waals surface area contributed by atoms with E-state index in [1.54, 1.807) is 0 Å². The summed E-state index contributed by atoms with van der Waals surface area (Å²) in [4.78, 5) is 27.2. The van der Waals surface area contributed by atoms with Gasteiger partial charge in [-0.1, -0.05) is 6.92 Å². The summed E-state index contributed by atoms with van der Waals surface area (Å²) in [5.74, 6) is 0.288. The molecule has 2 amide bonds. The fourth-order valence-electron chi connectivity index (χ4n) is 3.52. The number of piperidine rings is 1. The molecule has 1 aromatic carbocycles. The van der Waals surface area contributed by atoms with Crippen molar-refractivity contribution in [1.82, 2.24) is 9.62 Å². The molecule has 0 unspecified atom stereocenters. The van der Waals surface area contributed by atoms with Crippen LogP contribution in [0.4, 0.5) is 5.69 Å². The summed E-state index contributed by atoms with van der Waals surface area (Å²) in [5, 5.41) is 0. The highest BCUT2D eigenvalue weighted by atomic mass is 32.2. The average molecular weight is 394 g/mol. The first-order valence-electron chi connectivity index (χ1n) is 9.55. The molecule has 0 spiro atoms. The lowest BCUT2D eigenvalue weighted by atomic mass is 9.99. The van der Waals surface area contributed by atoms with Crippen LogP contribution in [-0.4, -0.2) is 51.3 Å². The zero-order chi connectivity index (χ0) is 19.4. The van der Waals surface area contributed by atoms with E-state index >= 15 is 0 Å². The molecule has 7 nitrogen and oxygen atoms in total. The lowest BCUT2D eigenvalue weighted by Gasteiger charge is -2.30. The minimum absolute atomic E-state index is 0.136. The van der Waals surface area contributed by atoms with Crippen LogP contribution in [-0.2, 0) is 19.6 Å². The summed E-state index contributed by atoms with van der Waals surface area (Å²) in [5.41, 5.74) is 0.417. The van der Waals surface area contributed by atoms with Gasteiger partial charge in [0, 0.05) is 19.4 Å². The van der Waals surface area contributed by atoms with Gasteiger partial charge in [-0.3, -0.25) is 14.5 Å². The van der Waals surface area contributed by atoms with E-state index in [1.165, 1.54) is 37.1 Å². The molecule has 0 aromatic heterocycles. The Labute approximate surface area is 160 Å². The van der Waals surface area contributed by atoms with E-state index < -0.39 is 10.0 Å². The Morgan fingerprint density at radius 1 is 1.04 bits per heavy atom. The molecule has 2 saturated heterocycles. The zero-order valence-electron chi connectivity index (χ0n) is 15.7. The van der Waals surface area contributed by atoms with Crippen molar-refractivity contribution in [1.29, 1.82) is 0 Å². The smallest absolute Gasteiger partial charge is 0.240 e. The monoisotopic (exact) mass is 393 g/mol. The number of sulfonamides is 1. The van der Waals surface area contributed by atoms with E-state index in [4.69, 9.17) is 0 Å². The SMILES string of the molecule is CC1CCN(CCCNS(=O)(=O)c2ccc(N3C(=O)CCC3=O)cc2)CC1. The van der Waals surface area contributed by atoms with Crippen molar-refractivity contribution in [2.45, 2.75) is 43.9 Å². The van der Waals surface area contributed by atoms with E-state index in [1.807, 2.05) is 0 Å². The predicted octanol–water partition coefficient (Wildman–Crippen LogP) is 1.74. The van der Waals surface area contributed by atoms with Crippen molar-refractivity contribution < 1.29 is 18.0 Å². The summed E-state index contributed by atoms with van der Waals surface area (Å²) in [6.45, 7) is 5.73. The number of hydrogen-bond donors (Lipinski definition) is 1. The number of imide groups is 1. The number of carbonyl (C=O) groups excluding carboxylic acids is 2. The van der Waals surface area contributed by atoms with Crippen LogP contribution >= 0.6 is 0 Å². The van der Waals surface area contributed by atoms with Crippen LogP contribution in [0.15, 0.2) is 29.2 Å². The third-order valence-electron chi connectivity index (χ3n) is 5.28. The van der Waals surface area contributed by atoms with Crippen LogP contribution in [0.2, 0.25) is 0 Å². The molecular formula is C19H27N3O4S. The molecule has 8 heteroatoms. The third-order valence-corrected chi connectivity index (χ3v) is 6.75. The Bertz CT molecular complexity index is 768. The number of rotatable bonds is 7. The van der Waals surface area contributed by atoms with Crippen molar-refractivity contribution in [2.24, 2.45) is 5.92 Å². The second-order valence-electron chi connectivity index (χ2n) is 7.39. The normalized spacial score (nSPS) is 19.8. The topological polar surface area (TPSA) is 86.8 Å². The molecule has 27 heavy (non-hydrogen) atoms. The second kappa shape index (κ2) is 8.50. The molecule has 0 atom stereocenters. The van der Waals surface area contributed by atoms with E-state index in [0.29, 0.717) is 12.2 Å². The summed E-state index contributed by atoms with van der Waals surface area (Å²) >= 11 is 0. The van der Waals surface area contributed by atoms with Gasteiger partial charge in [0.25, 0.3) is 0 Å². The van der Waals surface area contributed by atoms with E-state index in [0.717, 1.165) is 36.9 Å². The third kappa shape index (κ3) is 4.94. The minimum Gasteiger partial charge on any atom is -0.303 e. The molecule has 2 aliphatic heterocycles. The highest BCUT2D eigenvalue weighted by Gasteiger charge is 2.30. The van der Waals surface area contributed by atoms with Gasteiger partial charge in [0.1, 0.15) is 0 Å². The number of anilines is 1. The number of carbonyl (C=O) groups is 2. The number of benzene rings is 1. The quantitative estimate of drug-likeness (QED) is 0.563. The Morgan fingerprint density at radius 3 is 2.22 bits per heavy atom. The average Bonchev–Trinajstić information content (AvgIpc) is 2.99. The Hall–Kier alpha value is -1.77. The van der Waals surface area contributed by atoms with Crippen LogP contribution < -0.4 is 9.62 Å². The molecule has 148 valence electrons. The van der Waals surface area contributed by atoms with Gasteiger partial charge >= 0.3 is 0 Å². The maximum atomic E-state index is 12.4. The van der Waals surface area contributed by atoms with Gasteiger partial charge in [-0.15, -0.1) is 0 Å². The predicted molar refractivity (Wildman–Crippen MR) is 103 cm³/mol. The highest BCUT2D eigenvalue weighted by Crippen LogP contribution is 2.24. The number of nitrogens with zero attached hydrogens (tertiary/aromatic N) is 2. The molecule has 2 heterocycles. The summed E-state index contributed by atoms with van der Waals surface area (Å²) in [6, 6.07) is 5.88. The van der Waals surface area contributed by atoms with Gasteiger partial charge in [-0.2, -0.15) is 0 Å². The Balaban J connectivity index is 1.51. The van der Waals surface area contributed by atoms with Gasteiger partial charge in [-0.25, -0.2) is 13.1 Å². The van der Waals surface area contributed by atoms with Gasteiger partial charge in [0.15, 0.2) is 0 Å². The summed E-state index contributed by atoms with van der Waals surface area (Å²) < 4.78 is 27.5. The number of nitrogens with one attached hydrogen (secondary N) is 1. The molecule has 2 aliphatic rings. The zero-order valence-corrected chi connectivity index (χ0v) is 16.5. The number of amides is 2. The van der Waals surface area contributed by atoms with Crippen LogP contribution in [0, 0.1) is 5.92 Å². The first kappa shape index (κ1) is 20.0. The number of hydrogen-bond acceptors (Lipinski definition) is 5. The first-order chi connectivity index (χ1) is 12.9. The van der Waals surface area contributed by atoms with Gasteiger partial charge in [0.05, 0.1) is 10.6 Å². The van der Waals surface area contributed by atoms with Crippen LogP contribution in [0.1, 0.15) is 39.0 Å². The number of likely N-dealkylation sites (tertiary alicyclic amines) is 1. The summed E-state index contributed by atoms with van der Waals surface area (Å²) in [7, 11) is -3.60. The fraction of sp³-hybridized carbons (Fsp3) is 0.579. The molecule has 0 aliphatic carbocycles. The van der Waals surface area contributed by atoms with Gasteiger partial charge < -0.3 is 4.90 Å². The summed E-state index contributed by atoms with van der Waals surface area (Å²) in [6.07, 6.45) is 3.59. The molecule has 0 bridgehead atoms. The van der Waals surface area contributed by atoms with E-state index in [-0.39, 0.29) is 29.6 Å². The minimum atomic E-state index is -3.60. The lowest BCUT2D eigenvalue weighted by molar-refractivity contribution is -0.121. The van der Waals surface area contributed by atoms with E-state index in [9.17, 15) is 18.0 Å². The first-order valence-corrected chi connectivity index (χ1v) is 11.0. The van der Waals surface area contributed by atoms with Crippen LogP contribution in [0.3, 0.4) is 0 Å². The molecular weight excluding hydrogens is 366 g/mol. The maximum Gasteiger partial charge on any atom is 0.240 e. The Morgan fingerprint density at radius 2 is 1.63 bits per heavy atom. The van der Waals surface area contributed by atoms with Crippen molar-refractivity contribution in [3.05, 3.63) is 24.3 Å². The Kier molecular flexibility index (Phi) is 6.29. The van der Waals surface area contributed by atoms with Crippen molar-refractivity contribution in [3.63, 3.8) is 0 Å². The molecule has 2 fully saturated rings. The molecule has 0 radical (unpaired) electrons. The van der Waals surface area contributed by atoms with Crippen LogP contribution in [0.5, 0.6) is 0 Å². The lowest BCUT2D eigenvalue weighted by Crippen LogP contribution is -2.35. The van der Waals surface area contributed by atoms with Crippen molar-refractivity contribution in [3.8, 4) is 0 Å². The second-order valence-corrected chi connectivity index (χ2v) is 9.16. The molecule has 1 N–H and O–H groups in total. The van der Waals surface area contributed by atoms with E-state index in [2.05, 4.69) is 16.5 Å². The van der Waals surface area contributed by atoms with Crippen LogP contribution in [0.25, 0.3) is 0 Å². The van der Waals surface area contributed by atoms with Gasteiger partial charge in [0.2, 0.25) is 21.8 Å². The van der Waals surface area contributed by atoms with Crippen molar-refractivity contribution >= 4 is 27.5 Å². The van der Waals surface area contributed by atoms with Crippen molar-refractivity contribution in [2.75, 3.05) is 31.1 Å². The molecule has 3 rings (SSSR count). The molecule has 1 aromatic rings.